The molecule has 7 nitrogen and oxygen atoms in total. The van der Waals surface area contributed by atoms with E-state index < -0.39 is 5.56 Å². The predicted octanol–water partition coefficient (Wildman–Crippen LogP) is 3.19. The van der Waals surface area contributed by atoms with E-state index in [0.29, 0.717) is 41.1 Å². The summed E-state index contributed by atoms with van der Waals surface area (Å²) in [5.41, 5.74) is 1.48. The maximum absolute atomic E-state index is 12.5. The number of nitrogens with one attached hydrogen (secondary N) is 1. The Kier molecular flexibility index (Phi) is 5.06. The minimum absolute atomic E-state index is 0.0495. The summed E-state index contributed by atoms with van der Waals surface area (Å²) in [6.07, 6.45) is 2.00. The van der Waals surface area contributed by atoms with Crippen molar-refractivity contribution in [3.63, 3.8) is 0 Å². The second-order valence-electron chi connectivity index (χ2n) is 5.43. The van der Waals surface area contributed by atoms with Gasteiger partial charge in [0, 0.05) is 18.0 Å². The molecule has 0 saturated carbocycles. The highest BCUT2D eigenvalue weighted by Crippen LogP contribution is 2.20. The van der Waals surface area contributed by atoms with E-state index in [9.17, 15) is 4.79 Å². The molecule has 0 bridgehead atoms. The van der Waals surface area contributed by atoms with Crippen molar-refractivity contribution in [2.45, 2.75) is 20.3 Å². The molecule has 3 aromatic rings. The number of benzene rings is 1. The molecular formula is C16H15Cl2N5O2. The summed E-state index contributed by atoms with van der Waals surface area (Å²) in [5.74, 6) is 1.09. The zero-order valence-corrected chi connectivity index (χ0v) is 15.1. The van der Waals surface area contributed by atoms with Crippen molar-refractivity contribution in [3.8, 4) is 5.69 Å². The van der Waals surface area contributed by atoms with E-state index in [1.807, 2.05) is 13.0 Å². The summed E-state index contributed by atoms with van der Waals surface area (Å²) in [6.45, 7) is 4.11. The van der Waals surface area contributed by atoms with Gasteiger partial charge in [0.15, 0.2) is 5.82 Å². The van der Waals surface area contributed by atoms with Crippen LogP contribution in [-0.4, -0.2) is 26.5 Å². The fraction of sp³-hybridized carbons (Fsp3) is 0.250. The Balaban J connectivity index is 1.78. The van der Waals surface area contributed by atoms with Crippen molar-refractivity contribution in [3.05, 3.63) is 62.1 Å². The van der Waals surface area contributed by atoms with Crippen LogP contribution in [-0.2, 0) is 6.42 Å². The molecule has 130 valence electrons. The van der Waals surface area contributed by atoms with E-state index in [2.05, 4.69) is 20.6 Å². The number of rotatable bonds is 5. The van der Waals surface area contributed by atoms with Crippen LogP contribution in [0.4, 0.5) is 5.69 Å². The first-order valence-corrected chi connectivity index (χ1v) is 8.28. The minimum atomic E-state index is -0.430. The molecule has 0 atom stereocenters. The van der Waals surface area contributed by atoms with Crippen LogP contribution in [0, 0.1) is 13.8 Å². The van der Waals surface area contributed by atoms with Crippen LogP contribution >= 0.6 is 23.2 Å². The Hall–Kier alpha value is -2.38. The van der Waals surface area contributed by atoms with Gasteiger partial charge in [0.2, 0.25) is 5.89 Å². The van der Waals surface area contributed by atoms with Crippen LogP contribution in [0.15, 0.2) is 33.7 Å². The van der Waals surface area contributed by atoms with Crippen LogP contribution in [0.2, 0.25) is 10.0 Å². The number of nitrogens with zero attached hydrogens (tertiary/aromatic N) is 4. The number of anilines is 1. The normalized spacial score (nSPS) is 10.9. The molecule has 9 heteroatoms. The van der Waals surface area contributed by atoms with Crippen LogP contribution < -0.4 is 10.9 Å². The molecule has 0 aliphatic carbocycles. The van der Waals surface area contributed by atoms with Gasteiger partial charge in [-0.1, -0.05) is 34.4 Å². The van der Waals surface area contributed by atoms with Crippen molar-refractivity contribution in [2.24, 2.45) is 0 Å². The Morgan fingerprint density at radius 3 is 2.76 bits per heavy atom. The van der Waals surface area contributed by atoms with Crippen molar-refractivity contribution in [1.29, 1.82) is 0 Å². The lowest BCUT2D eigenvalue weighted by Gasteiger charge is -2.10. The molecule has 0 amide bonds. The fourth-order valence-electron chi connectivity index (χ4n) is 2.20. The van der Waals surface area contributed by atoms with Crippen molar-refractivity contribution < 1.29 is 4.52 Å². The summed E-state index contributed by atoms with van der Waals surface area (Å²) in [7, 11) is 0. The number of hydrogen-bond donors (Lipinski definition) is 1. The van der Waals surface area contributed by atoms with Crippen LogP contribution in [0.3, 0.4) is 0 Å². The fourth-order valence-corrected chi connectivity index (χ4v) is 2.57. The number of aryl methyl sites for hydroxylation is 2. The lowest BCUT2D eigenvalue weighted by Crippen LogP contribution is -2.23. The van der Waals surface area contributed by atoms with Gasteiger partial charge < -0.3 is 9.84 Å². The molecule has 3 rings (SSSR count). The Morgan fingerprint density at radius 1 is 1.28 bits per heavy atom. The molecule has 0 unspecified atom stereocenters. The minimum Gasteiger partial charge on any atom is -0.382 e. The Labute approximate surface area is 153 Å². The smallest absolute Gasteiger partial charge is 0.292 e. The number of aromatic nitrogens is 4. The summed E-state index contributed by atoms with van der Waals surface area (Å²) in [6, 6.07) is 5.25. The number of halogens is 2. The van der Waals surface area contributed by atoms with Crippen LogP contribution in [0.25, 0.3) is 5.69 Å². The highest BCUT2D eigenvalue weighted by molar-refractivity contribution is 6.33. The van der Waals surface area contributed by atoms with Gasteiger partial charge in [0.05, 0.1) is 17.6 Å². The van der Waals surface area contributed by atoms with Crippen LogP contribution in [0.1, 0.15) is 17.3 Å². The second-order valence-corrected chi connectivity index (χ2v) is 6.22. The average molecular weight is 380 g/mol. The first-order valence-electron chi connectivity index (χ1n) is 7.53. The van der Waals surface area contributed by atoms with Gasteiger partial charge >= 0.3 is 0 Å². The number of hydrogen-bond acceptors (Lipinski definition) is 6. The summed E-state index contributed by atoms with van der Waals surface area (Å²) in [5, 5.41) is 11.5. The van der Waals surface area contributed by atoms with E-state index in [0.717, 1.165) is 5.56 Å². The van der Waals surface area contributed by atoms with Gasteiger partial charge in [-0.25, -0.2) is 0 Å². The molecule has 2 aromatic heterocycles. The van der Waals surface area contributed by atoms with E-state index in [1.54, 1.807) is 19.1 Å². The van der Waals surface area contributed by atoms with Gasteiger partial charge in [-0.3, -0.25) is 4.79 Å². The predicted molar refractivity (Wildman–Crippen MR) is 95.8 cm³/mol. The van der Waals surface area contributed by atoms with Crippen molar-refractivity contribution in [1.82, 2.24) is 19.9 Å². The maximum Gasteiger partial charge on any atom is 0.292 e. The molecule has 0 spiro atoms. The van der Waals surface area contributed by atoms with Gasteiger partial charge in [-0.05, 0) is 31.5 Å². The molecular weight excluding hydrogens is 365 g/mol. The monoisotopic (exact) mass is 379 g/mol. The van der Waals surface area contributed by atoms with E-state index in [4.69, 9.17) is 27.7 Å². The molecule has 0 saturated heterocycles. The van der Waals surface area contributed by atoms with E-state index in [-0.39, 0.29) is 5.02 Å². The molecule has 0 aliphatic heterocycles. The third-order valence-electron chi connectivity index (χ3n) is 3.54. The molecule has 0 fully saturated rings. The molecule has 25 heavy (non-hydrogen) atoms. The third kappa shape index (κ3) is 3.83. The standard InChI is InChI=1S/C16H15Cl2N5O2/c1-9-3-4-11(7-12(9)17)23-16(24)15(18)13(8-20-23)19-6-5-14-21-10(2)22-25-14/h3-4,7-8,19H,5-6H2,1-2H3. The average Bonchev–Trinajstić information content (AvgIpc) is 3.00. The quantitative estimate of drug-likeness (QED) is 0.732. The molecule has 0 radical (unpaired) electrons. The van der Waals surface area contributed by atoms with Crippen molar-refractivity contribution in [2.75, 3.05) is 11.9 Å². The summed E-state index contributed by atoms with van der Waals surface area (Å²) >= 11 is 12.3. The molecule has 1 aromatic carbocycles. The van der Waals surface area contributed by atoms with Gasteiger partial charge in [-0.2, -0.15) is 14.8 Å². The topological polar surface area (TPSA) is 85.8 Å². The Bertz CT molecular complexity index is 967. The third-order valence-corrected chi connectivity index (χ3v) is 4.32. The lowest BCUT2D eigenvalue weighted by atomic mass is 10.2. The zero-order valence-electron chi connectivity index (χ0n) is 13.6. The zero-order chi connectivity index (χ0) is 18.0. The van der Waals surface area contributed by atoms with E-state index >= 15 is 0 Å². The van der Waals surface area contributed by atoms with Gasteiger partial charge in [0.25, 0.3) is 5.56 Å². The molecule has 0 aliphatic rings. The Morgan fingerprint density at radius 2 is 2.08 bits per heavy atom. The van der Waals surface area contributed by atoms with Crippen LogP contribution in [0.5, 0.6) is 0 Å². The largest absolute Gasteiger partial charge is 0.382 e. The summed E-state index contributed by atoms with van der Waals surface area (Å²) in [4.78, 5) is 16.6. The highest BCUT2D eigenvalue weighted by Gasteiger charge is 2.12. The SMILES string of the molecule is Cc1noc(CCNc2cnn(-c3ccc(C)c(Cl)c3)c(=O)c2Cl)n1. The van der Waals surface area contributed by atoms with Crippen molar-refractivity contribution >= 4 is 28.9 Å². The maximum atomic E-state index is 12.5. The van der Waals surface area contributed by atoms with Gasteiger partial charge in [0.1, 0.15) is 5.02 Å². The second kappa shape index (κ2) is 7.25. The first-order chi connectivity index (χ1) is 12.0. The molecule has 1 N–H and O–H groups in total. The first kappa shape index (κ1) is 17.4. The molecule has 2 heterocycles. The van der Waals surface area contributed by atoms with Gasteiger partial charge in [-0.15, -0.1) is 0 Å². The lowest BCUT2D eigenvalue weighted by molar-refractivity contribution is 0.377. The summed E-state index contributed by atoms with van der Waals surface area (Å²) < 4.78 is 6.23. The van der Waals surface area contributed by atoms with E-state index in [1.165, 1.54) is 10.9 Å². The highest BCUT2D eigenvalue weighted by atomic mass is 35.5.